The fourth-order valence-corrected chi connectivity index (χ4v) is 4.76. The maximum absolute atomic E-state index is 12.9. The highest BCUT2D eigenvalue weighted by atomic mass is 16.5. The van der Waals surface area contributed by atoms with Crippen molar-refractivity contribution < 1.29 is 9.53 Å². The zero-order chi connectivity index (χ0) is 16.5. The summed E-state index contributed by atoms with van der Waals surface area (Å²) in [5, 5.41) is 0. The number of nitrogens with zero attached hydrogens (tertiary/aromatic N) is 2. The minimum Gasteiger partial charge on any atom is -0.373 e. The van der Waals surface area contributed by atoms with E-state index in [1.807, 2.05) is 6.07 Å². The molecule has 1 aromatic rings. The van der Waals surface area contributed by atoms with Crippen molar-refractivity contribution in [3.8, 4) is 0 Å². The molecule has 0 saturated carbocycles. The lowest BCUT2D eigenvalue weighted by Crippen LogP contribution is -2.44. The Kier molecular flexibility index (Phi) is 4.59. The van der Waals surface area contributed by atoms with E-state index in [4.69, 9.17) is 4.74 Å². The molecule has 3 atom stereocenters. The second kappa shape index (κ2) is 6.85. The third-order valence-corrected chi connectivity index (χ3v) is 6.10. The summed E-state index contributed by atoms with van der Waals surface area (Å²) >= 11 is 0. The molecule has 0 unspecified atom stereocenters. The fraction of sp³-hybridized carbons (Fsp3) is 0.650. The minimum atomic E-state index is -0.0690. The number of amides is 1. The van der Waals surface area contributed by atoms with Crippen LogP contribution in [0.15, 0.2) is 24.3 Å². The van der Waals surface area contributed by atoms with E-state index in [0.717, 1.165) is 26.0 Å². The number of hydrogen-bond donors (Lipinski definition) is 0. The van der Waals surface area contributed by atoms with Gasteiger partial charge >= 0.3 is 0 Å². The van der Waals surface area contributed by atoms with E-state index in [-0.39, 0.29) is 12.0 Å². The number of ether oxygens (including phenoxy) is 1. The first kappa shape index (κ1) is 16.1. The first-order chi connectivity index (χ1) is 11.7. The molecule has 1 amide bonds. The van der Waals surface area contributed by atoms with Gasteiger partial charge in [0.05, 0.1) is 19.1 Å². The van der Waals surface area contributed by atoms with E-state index in [1.54, 1.807) is 0 Å². The van der Waals surface area contributed by atoms with Gasteiger partial charge in [0.1, 0.15) is 0 Å². The quantitative estimate of drug-likeness (QED) is 0.855. The predicted octanol–water partition coefficient (Wildman–Crippen LogP) is 2.78. The van der Waals surface area contributed by atoms with Crippen LogP contribution in [0.25, 0.3) is 0 Å². The molecule has 3 aliphatic rings. The Labute approximate surface area is 144 Å². The van der Waals surface area contributed by atoms with E-state index in [9.17, 15) is 4.79 Å². The Bertz CT molecular complexity index is 597. The predicted molar refractivity (Wildman–Crippen MR) is 93.8 cm³/mol. The maximum Gasteiger partial charge on any atom is 0.225 e. The number of fused-ring (bicyclic) bond motifs is 1. The summed E-state index contributed by atoms with van der Waals surface area (Å²) in [5.41, 5.74) is 2.55. The molecular formula is C20H28N2O2. The van der Waals surface area contributed by atoms with Gasteiger partial charge in [0.15, 0.2) is 0 Å². The van der Waals surface area contributed by atoms with Crippen molar-refractivity contribution in [1.29, 1.82) is 0 Å². The molecule has 4 rings (SSSR count). The largest absolute Gasteiger partial charge is 0.373 e. The van der Waals surface area contributed by atoms with Gasteiger partial charge in [-0.2, -0.15) is 0 Å². The van der Waals surface area contributed by atoms with Crippen LogP contribution in [0.3, 0.4) is 0 Å². The Balaban J connectivity index is 1.42. The Morgan fingerprint density at radius 2 is 2.00 bits per heavy atom. The van der Waals surface area contributed by atoms with Crippen molar-refractivity contribution in [2.24, 2.45) is 0 Å². The zero-order valence-electron chi connectivity index (χ0n) is 14.6. The van der Waals surface area contributed by atoms with Crippen molar-refractivity contribution in [2.45, 2.75) is 57.2 Å². The molecule has 24 heavy (non-hydrogen) atoms. The summed E-state index contributed by atoms with van der Waals surface area (Å²) in [6.45, 7) is 6.26. The van der Waals surface area contributed by atoms with Crippen LogP contribution in [0.1, 0.15) is 49.8 Å². The van der Waals surface area contributed by atoms with Crippen molar-refractivity contribution >= 4 is 5.91 Å². The van der Waals surface area contributed by atoms with Gasteiger partial charge in [-0.15, -0.1) is 0 Å². The number of rotatable bonds is 3. The van der Waals surface area contributed by atoms with Gasteiger partial charge in [-0.1, -0.05) is 24.3 Å². The summed E-state index contributed by atoms with van der Waals surface area (Å²) in [6.07, 6.45) is 5.11. The normalized spacial score (nSPS) is 30.5. The van der Waals surface area contributed by atoms with Crippen LogP contribution in [-0.2, 0) is 16.0 Å². The third-order valence-electron chi connectivity index (χ3n) is 6.10. The summed E-state index contributed by atoms with van der Waals surface area (Å²) in [4.78, 5) is 17.6. The first-order valence-corrected chi connectivity index (χ1v) is 9.47. The molecule has 0 radical (unpaired) electrons. The van der Waals surface area contributed by atoms with Gasteiger partial charge in [-0.25, -0.2) is 0 Å². The van der Waals surface area contributed by atoms with Crippen LogP contribution in [0.2, 0.25) is 0 Å². The average Bonchev–Trinajstić information content (AvgIpc) is 3.24. The number of hydrogen-bond acceptors (Lipinski definition) is 3. The van der Waals surface area contributed by atoms with Crippen LogP contribution in [-0.4, -0.2) is 54.0 Å². The second-order valence-corrected chi connectivity index (χ2v) is 7.44. The lowest BCUT2D eigenvalue weighted by Gasteiger charge is -2.32. The van der Waals surface area contributed by atoms with Gasteiger partial charge < -0.3 is 9.64 Å². The Morgan fingerprint density at radius 1 is 1.21 bits per heavy atom. The van der Waals surface area contributed by atoms with Gasteiger partial charge in [-0.3, -0.25) is 9.69 Å². The SMILES string of the molecule is C[C@@H]1[C@H](N2CCCC2)CCN1C(=O)C[C@@H]1OCCc2ccccc21. The molecule has 0 bridgehead atoms. The van der Waals surface area contributed by atoms with Crippen molar-refractivity contribution in [2.75, 3.05) is 26.2 Å². The van der Waals surface area contributed by atoms with E-state index >= 15 is 0 Å². The molecule has 0 aliphatic carbocycles. The van der Waals surface area contributed by atoms with E-state index in [0.29, 0.717) is 18.5 Å². The number of likely N-dealkylation sites (tertiary alicyclic amines) is 2. The molecule has 0 N–H and O–H groups in total. The summed E-state index contributed by atoms with van der Waals surface area (Å²) in [6, 6.07) is 9.29. The minimum absolute atomic E-state index is 0.0690. The first-order valence-electron chi connectivity index (χ1n) is 9.47. The van der Waals surface area contributed by atoms with Crippen molar-refractivity contribution in [3.05, 3.63) is 35.4 Å². The van der Waals surface area contributed by atoms with Gasteiger partial charge in [0, 0.05) is 18.6 Å². The van der Waals surface area contributed by atoms with Crippen LogP contribution in [0.4, 0.5) is 0 Å². The Morgan fingerprint density at radius 3 is 2.83 bits per heavy atom. The van der Waals surface area contributed by atoms with E-state index in [2.05, 4.69) is 34.9 Å². The standard InChI is InChI=1S/C20H28N2O2/c1-15-18(21-10-4-5-11-21)8-12-22(15)20(23)14-19-17-7-3-2-6-16(17)9-13-24-19/h2-3,6-7,15,18-19H,4-5,8-14H2,1H3/t15-,18-,19+/m1/s1. The molecule has 1 aromatic carbocycles. The highest BCUT2D eigenvalue weighted by Crippen LogP contribution is 2.32. The maximum atomic E-state index is 12.9. The molecule has 0 aromatic heterocycles. The van der Waals surface area contributed by atoms with Gasteiger partial charge in [-0.05, 0) is 56.8 Å². The number of carbonyl (C=O) groups is 1. The molecular weight excluding hydrogens is 300 g/mol. The smallest absolute Gasteiger partial charge is 0.225 e. The topological polar surface area (TPSA) is 32.8 Å². The highest BCUT2D eigenvalue weighted by Gasteiger charge is 2.38. The molecule has 2 fully saturated rings. The van der Waals surface area contributed by atoms with Gasteiger partial charge in [0.25, 0.3) is 0 Å². The van der Waals surface area contributed by atoms with Crippen LogP contribution >= 0.6 is 0 Å². The third kappa shape index (κ3) is 2.98. The molecule has 130 valence electrons. The van der Waals surface area contributed by atoms with E-state index in [1.165, 1.54) is 37.1 Å². The molecule has 3 heterocycles. The lowest BCUT2D eigenvalue weighted by atomic mass is 9.95. The fourth-order valence-electron chi connectivity index (χ4n) is 4.76. The molecule has 4 heteroatoms. The lowest BCUT2D eigenvalue weighted by molar-refractivity contribution is -0.135. The van der Waals surface area contributed by atoms with Gasteiger partial charge in [0.2, 0.25) is 5.91 Å². The molecule has 2 saturated heterocycles. The van der Waals surface area contributed by atoms with E-state index < -0.39 is 0 Å². The van der Waals surface area contributed by atoms with Crippen molar-refractivity contribution in [3.63, 3.8) is 0 Å². The highest BCUT2D eigenvalue weighted by molar-refractivity contribution is 5.77. The summed E-state index contributed by atoms with van der Waals surface area (Å²) in [5.74, 6) is 0.255. The summed E-state index contributed by atoms with van der Waals surface area (Å²) < 4.78 is 5.94. The average molecular weight is 328 g/mol. The summed E-state index contributed by atoms with van der Waals surface area (Å²) in [7, 11) is 0. The second-order valence-electron chi connectivity index (χ2n) is 7.44. The van der Waals surface area contributed by atoms with Crippen molar-refractivity contribution in [1.82, 2.24) is 9.80 Å². The van der Waals surface area contributed by atoms with Crippen LogP contribution < -0.4 is 0 Å². The molecule has 3 aliphatic heterocycles. The van der Waals surface area contributed by atoms with Crippen LogP contribution in [0, 0.1) is 0 Å². The molecule has 4 nitrogen and oxygen atoms in total. The number of benzene rings is 1. The molecule has 0 spiro atoms. The monoisotopic (exact) mass is 328 g/mol. The van der Waals surface area contributed by atoms with Crippen LogP contribution in [0.5, 0.6) is 0 Å². The Hall–Kier alpha value is -1.39. The number of carbonyl (C=O) groups excluding carboxylic acids is 1. The zero-order valence-corrected chi connectivity index (χ0v) is 14.6.